The van der Waals surface area contributed by atoms with Crippen LogP contribution in [0.25, 0.3) is 0 Å². The van der Waals surface area contributed by atoms with Gasteiger partial charge in [-0.25, -0.2) is 0 Å². The normalized spacial score (nSPS) is 26.5. The van der Waals surface area contributed by atoms with Gasteiger partial charge in [-0.2, -0.15) is 0 Å². The number of ether oxygens (including phenoxy) is 1. The highest BCUT2D eigenvalue weighted by atomic mass is 16.5. The van der Waals surface area contributed by atoms with E-state index >= 15 is 0 Å². The Kier molecular flexibility index (Phi) is 1.75. The lowest BCUT2D eigenvalue weighted by molar-refractivity contribution is 0.117. The first-order valence-electron chi connectivity index (χ1n) is 3.95. The number of rotatable bonds is 1. The summed E-state index contributed by atoms with van der Waals surface area (Å²) in [6, 6.07) is 7.42. The average Bonchev–Trinajstić information content (AvgIpc) is 2.44. The van der Waals surface area contributed by atoms with E-state index in [-0.39, 0.29) is 18.8 Å². The number of fused-ring (bicyclic) bond motifs is 1. The van der Waals surface area contributed by atoms with E-state index in [9.17, 15) is 0 Å². The molecule has 0 radical (unpaired) electrons. The van der Waals surface area contributed by atoms with Gasteiger partial charge in [0.05, 0.1) is 12.6 Å². The van der Waals surface area contributed by atoms with Crippen LogP contribution in [-0.4, -0.2) is 17.8 Å². The van der Waals surface area contributed by atoms with Gasteiger partial charge in [0, 0.05) is 5.56 Å². The molecule has 3 heteroatoms. The zero-order valence-corrected chi connectivity index (χ0v) is 6.60. The van der Waals surface area contributed by atoms with Crippen molar-refractivity contribution in [3.05, 3.63) is 29.8 Å². The largest absolute Gasteiger partial charge is 0.486 e. The summed E-state index contributed by atoms with van der Waals surface area (Å²) in [5.74, 6) is 0.795. The average molecular weight is 165 g/mol. The second-order valence-corrected chi connectivity index (χ2v) is 2.90. The number of nitrogens with two attached hydrogens (primary N) is 1. The summed E-state index contributed by atoms with van der Waals surface area (Å²) in [5.41, 5.74) is 6.80. The van der Waals surface area contributed by atoms with E-state index in [2.05, 4.69) is 0 Å². The fourth-order valence-corrected chi connectivity index (χ4v) is 1.45. The summed E-state index contributed by atoms with van der Waals surface area (Å²) < 4.78 is 5.39. The summed E-state index contributed by atoms with van der Waals surface area (Å²) in [7, 11) is 0. The summed E-state index contributed by atoms with van der Waals surface area (Å²) >= 11 is 0. The number of aliphatic hydroxyl groups excluding tert-OH is 1. The molecule has 1 aliphatic heterocycles. The standard InChI is InChI=1S/C9H11NO2/c10-9-6-3-1-2-4-7(6)12-8(9)5-11/h1-4,8-9,11H,5,10H2. The van der Waals surface area contributed by atoms with Gasteiger partial charge in [-0.15, -0.1) is 0 Å². The van der Waals surface area contributed by atoms with E-state index in [1.165, 1.54) is 0 Å². The first-order valence-corrected chi connectivity index (χ1v) is 3.95. The van der Waals surface area contributed by atoms with Crippen molar-refractivity contribution in [2.24, 2.45) is 5.73 Å². The van der Waals surface area contributed by atoms with Crippen molar-refractivity contribution in [1.29, 1.82) is 0 Å². The van der Waals surface area contributed by atoms with Crippen LogP contribution in [0.4, 0.5) is 0 Å². The molecule has 1 heterocycles. The molecule has 3 nitrogen and oxygen atoms in total. The fourth-order valence-electron chi connectivity index (χ4n) is 1.45. The molecule has 1 aliphatic rings. The Hall–Kier alpha value is -1.06. The van der Waals surface area contributed by atoms with Crippen molar-refractivity contribution >= 4 is 0 Å². The molecule has 0 fully saturated rings. The summed E-state index contributed by atoms with van der Waals surface area (Å²) in [6.45, 7) is -0.0319. The van der Waals surface area contributed by atoms with Crippen LogP contribution >= 0.6 is 0 Å². The molecule has 12 heavy (non-hydrogen) atoms. The third kappa shape index (κ3) is 0.983. The lowest BCUT2D eigenvalue weighted by Crippen LogP contribution is -2.28. The Bertz CT molecular complexity index is 288. The molecule has 1 aromatic carbocycles. The van der Waals surface area contributed by atoms with Crippen LogP contribution in [0.15, 0.2) is 24.3 Å². The fraction of sp³-hybridized carbons (Fsp3) is 0.333. The SMILES string of the molecule is NC1c2ccccc2OC1CO. The van der Waals surface area contributed by atoms with Gasteiger partial charge in [-0.05, 0) is 6.07 Å². The van der Waals surface area contributed by atoms with Crippen molar-refractivity contribution in [3.8, 4) is 5.75 Å². The zero-order chi connectivity index (χ0) is 8.55. The Morgan fingerprint density at radius 2 is 2.17 bits per heavy atom. The number of benzene rings is 1. The van der Waals surface area contributed by atoms with Crippen LogP contribution in [0.3, 0.4) is 0 Å². The third-order valence-corrected chi connectivity index (χ3v) is 2.14. The maximum atomic E-state index is 8.90. The Balaban J connectivity index is 2.35. The molecule has 0 spiro atoms. The first kappa shape index (κ1) is 7.58. The van der Waals surface area contributed by atoms with E-state index in [1.54, 1.807) is 0 Å². The number of para-hydroxylation sites is 1. The van der Waals surface area contributed by atoms with Crippen molar-refractivity contribution < 1.29 is 9.84 Å². The van der Waals surface area contributed by atoms with Gasteiger partial charge in [0.1, 0.15) is 11.9 Å². The van der Waals surface area contributed by atoms with Gasteiger partial charge in [0.15, 0.2) is 0 Å². The Morgan fingerprint density at radius 3 is 2.83 bits per heavy atom. The zero-order valence-electron chi connectivity index (χ0n) is 6.60. The maximum Gasteiger partial charge on any atom is 0.141 e. The molecular weight excluding hydrogens is 154 g/mol. The van der Waals surface area contributed by atoms with E-state index in [1.807, 2.05) is 24.3 Å². The lowest BCUT2D eigenvalue weighted by atomic mass is 10.1. The van der Waals surface area contributed by atoms with Crippen LogP contribution in [0, 0.1) is 0 Å². The smallest absolute Gasteiger partial charge is 0.141 e. The highest BCUT2D eigenvalue weighted by molar-refractivity contribution is 5.40. The molecule has 0 amide bonds. The Morgan fingerprint density at radius 1 is 1.42 bits per heavy atom. The van der Waals surface area contributed by atoms with Gasteiger partial charge < -0.3 is 15.6 Å². The van der Waals surface area contributed by atoms with Crippen LogP contribution in [0.2, 0.25) is 0 Å². The van der Waals surface area contributed by atoms with Gasteiger partial charge in [-0.3, -0.25) is 0 Å². The summed E-state index contributed by atoms with van der Waals surface area (Å²) in [4.78, 5) is 0. The topological polar surface area (TPSA) is 55.5 Å². The van der Waals surface area contributed by atoms with Gasteiger partial charge in [0.25, 0.3) is 0 Å². The third-order valence-electron chi connectivity index (χ3n) is 2.14. The number of aliphatic hydroxyl groups is 1. The number of hydrogen-bond acceptors (Lipinski definition) is 3. The van der Waals surface area contributed by atoms with Crippen molar-refractivity contribution in [2.45, 2.75) is 12.1 Å². The predicted octanol–water partition coefficient (Wildman–Crippen LogP) is 0.440. The van der Waals surface area contributed by atoms with E-state index in [0.29, 0.717) is 0 Å². The second-order valence-electron chi connectivity index (χ2n) is 2.90. The second kappa shape index (κ2) is 2.77. The summed E-state index contributed by atoms with van der Waals surface area (Å²) in [6.07, 6.45) is -0.276. The van der Waals surface area contributed by atoms with Crippen molar-refractivity contribution in [1.82, 2.24) is 0 Å². The lowest BCUT2D eigenvalue weighted by Gasteiger charge is -2.10. The minimum absolute atomic E-state index is 0.0319. The molecule has 2 unspecified atom stereocenters. The van der Waals surface area contributed by atoms with E-state index < -0.39 is 0 Å². The van der Waals surface area contributed by atoms with E-state index in [0.717, 1.165) is 11.3 Å². The monoisotopic (exact) mass is 165 g/mol. The van der Waals surface area contributed by atoms with E-state index in [4.69, 9.17) is 15.6 Å². The molecule has 0 bridgehead atoms. The van der Waals surface area contributed by atoms with Crippen molar-refractivity contribution in [3.63, 3.8) is 0 Å². The predicted molar refractivity (Wildman–Crippen MR) is 44.9 cm³/mol. The molecule has 0 saturated heterocycles. The molecule has 2 atom stereocenters. The Labute approximate surface area is 70.8 Å². The molecule has 2 rings (SSSR count). The molecular formula is C9H11NO2. The van der Waals surface area contributed by atoms with Crippen LogP contribution in [0.1, 0.15) is 11.6 Å². The van der Waals surface area contributed by atoms with Gasteiger partial charge in [-0.1, -0.05) is 18.2 Å². The maximum absolute atomic E-state index is 8.90. The van der Waals surface area contributed by atoms with Gasteiger partial charge in [0.2, 0.25) is 0 Å². The quantitative estimate of drug-likeness (QED) is 0.634. The first-order chi connectivity index (χ1) is 5.83. The number of hydrogen-bond donors (Lipinski definition) is 2. The van der Waals surface area contributed by atoms with Gasteiger partial charge >= 0.3 is 0 Å². The molecule has 0 aliphatic carbocycles. The highest BCUT2D eigenvalue weighted by Crippen LogP contribution is 2.34. The molecule has 1 aromatic rings. The van der Waals surface area contributed by atoms with Crippen molar-refractivity contribution in [2.75, 3.05) is 6.61 Å². The minimum Gasteiger partial charge on any atom is -0.486 e. The molecule has 3 N–H and O–H groups in total. The highest BCUT2D eigenvalue weighted by Gasteiger charge is 2.30. The molecule has 0 aromatic heterocycles. The molecule has 0 saturated carbocycles. The minimum atomic E-state index is -0.276. The van der Waals surface area contributed by atoms with Crippen LogP contribution < -0.4 is 10.5 Å². The molecule has 64 valence electrons. The van der Waals surface area contributed by atoms with Crippen LogP contribution in [0.5, 0.6) is 5.75 Å². The van der Waals surface area contributed by atoms with Crippen LogP contribution in [-0.2, 0) is 0 Å². The summed E-state index contributed by atoms with van der Waals surface area (Å²) in [5, 5.41) is 8.90.